The fourth-order valence-electron chi connectivity index (χ4n) is 1.97. The molecule has 0 spiro atoms. The lowest BCUT2D eigenvalue weighted by Crippen LogP contribution is -1.91. The Labute approximate surface area is 85.8 Å². The first-order valence-electron chi connectivity index (χ1n) is 4.67. The van der Waals surface area contributed by atoms with Crippen LogP contribution in [-0.2, 0) is 0 Å². The zero-order chi connectivity index (χ0) is 10.4. The maximum Gasteiger partial charge on any atom is 0.0878 e. The van der Waals surface area contributed by atoms with E-state index in [1.807, 2.05) is 18.2 Å². The minimum Gasteiger partial charge on any atom is -0.872 e. The molecule has 0 fully saturated rings. The molecule has 3 heteroatoms. The van der Waals surface area contributed by atoms with Gasteiger partial charge in [0.15, 0.2) is 0 Å². The molecule has 0 amide bonds. The average Bonchev–Trinajstić information content (AvgIpc) is 2.55. The van der Waals surface area contributed by atoms with E-state index in [1.54, 1.807) is 18.2 Å². The van der Waals surface area contributed by atoms with Gasteiger partial charge in [0.1, 0.15) is 0 Å². The summed E-state index contributed by atoms with van der Waals surface area (Å²) in [5.74, 6) is -0.0588. The van der Waals surface area contributed by atoms with E-state index in [4.69, 9.17) is 0 Å². The topological polar surface area (TPSA) is 48.2 Å². The predicted molar refractivity (Wildman–Crippen MR) is 56.1 cm³/mol. The first-order valence-corrected chi connectivity index (χ1v) is 4.67. The number of fused-ring (bicyclic) bond motifs is 3. The van der Waals surface area contributed by atoms with Crippen LogP contribution in [-0.4, -0.2) is 9.94 Å². The summed E-state index contributed by atoms with van der Waals surface area (Å²) in [6, 6.07) is 12.2. The van der Waals surface area contributed by atoms with E-state index in [0.29, 0.717) is 16.4 Å². The van der Waals surface area contributed by atoms with Crippen LogP contribution < -0.4 is 5.11 Å². The summed E-state index contributed by atoms with van der Waals surface area (Å²) in [5.41, 5.74) is 1.22. The maximum absolute atomic E-state index is 11.7. The van der Waals surface area contributed by atoms with Crippen LogP contribution >= 0.6 is 0 Å². The molecule has 0 aliphatic heterocycles. The average molecular weight is 198 g/mol. The maximum atomic E-state index is 11.7. The number of nitrogens with zero attached hydrogens (tertiary/aromatic N) is 1. The van der Waals surface area contributed by atoms with Crippen molar-refractivity contribution < 1.29 is 10.3 Å². The molecule has 0 aliphatic rings. The number of hydrogen-bond donors (Lipinski definition) is 1. The molecule has 1 aromatic heterocycles. The van der Waals surface area contributed by atoms with Gasteiger partial charge in [0, 0.05) is 10.8 Å². The highest BCUT2D eigenvalue weighted by atomic mass is 16.5. The van der Waals surface area contributed by atoms with Gasteiger partial charge >= 0.3 is 0 Å². The van der Waals surface area contributed by atoms with E-state index in [0.717, 1.165) is 10.1 Å². The van der Waals surface area contributed by atoms with Crippen molar-refractivity contribution in [2.24, 2.45) is 0 Å². The van der Waals surface area contributed by atoms with Gasteiger partial charge < -0.3 is 10.3 Å². The van der Waals surface area contributed by atoms with Crippen molar-refractivity contribution in [2.45, 2.75) is 0 Å². The molecule has 3 rings (SSSR count). The minimum absolute atomic E-state index is 0.0588. The largest absolute Gasteiger partial charge is 0.872 e. The quantitative estimate of drug-likeness (QED) is 0.562. The molecular weight excluding hydrogens is 190 g/mol. The van der Waals surface area contributed by atoms with Crippen molar-refractivity contribution in [3.63, 3.8) is 0 Å². The van der Waals surface area contributed by atoms with Crippen LogP contribution in [0.2, 0.25) is 0 Å². The van der Waals surface area contributed by atoms with Gasteiger partial charge in [-0.15, -0.1) is 0 Å². The van der Waals surface area contributed by atoms with E-state index in [9.17, 15) is 10.3 Å². The van der Waals surface area contributed by atoms with Crippen LogP contribution in [0.15, 0.2) is 42.5 Å². The third-order valence-corrected chi connectivity index (χ3v) is 2.63. The second-order valence-electron chi connectivity index (χ2n) is 3.48. The number of rotatable bonds is 0. The molecule has 0 atom stereocenters. The Morgan fingerprint density at radius 1 is 0.933 bits per heavy atom. The zero-order valence-corrected chi connectivity index (χ0v) is 7.84. The predicted octanol–water partition coefficient (Wildman–Crippen LogP) is 2.11. The van der Waals surface area contributed by atoms with Crippen LogP contribution in [0.1, 0.15) is 0 Å². The van der Waals surface area contributed by atoms with Crippen molar-refractivity contribution >= 4 is 21.8 Å². The monoisotopic (exact) mass is 198 g/mol. The van der Waals surface area contributed by atoms with E-state index in [-0.39, 0.29) is 5.75 Å². The second-order valence-corrected chi connectivity index (χ2v) is 3.48. The van der Waals surface area contributed by atoms with Gasteiger partial charge in [-0.05, 0) is 12.1 Å². The molecule has 0 saturated carbocycles. The number of aromatic nitrogens is 1. The summed E-state index contributed by atoms with van der Waals surface area (Å²) in [5, 5.41) is 22.9. The molecule has 74 valence electrons. The Bertz CT molecular complexity index is 655. The van der Waals surface area contributed by atoms with Gasteiger partial charge in [0.25, 0.3) is 0 Å². The molecule has 0 radical (unpaired) electrons. The van der Waals surface area contributed by atoms with Crippen molar-refractivity contribution in [3.05, 3.63) is 42.5 Å². The number of benzene rings is 2. The lowest BCUT2D eigenvalue weighted by molar-refractivity contribution is -0.265. The Balaban J connectivity index is 2.70. The summed E-state index contributed by atoms with van der Waals surface area (Å²) >= 11 is 0. The van der Waals surface area contributed by atoms with Crippen LogP contribution in [0.4, 0.5) is 0 Å². The molecule has 0 aliphatic carbocycles. The van der Waals surface area contributed by atoms with Gasteiger partial charge in [-0.2, -0.15) is 4.73 Å². The summed E-state index contributed by atoms with van der Waals surface area (Å²) in [4.78, 5) is 0. The molecule has 15 heavy (non-hydrogen) atoms. The van der Waals surface area contributed by atoms with Gasteiger partial charge in [-0.1, -0.05) is 36.1 Å². The minimum atomic E-state index is -0.0588. The Morgan fingerprint density at radius 2 is 1.67 bits per heavy atom. The molecule has 0 saturated heterocycles. The van der Waals surface area contributed by atoms with Crippen molar-refractivity contribution in [1.29, 1.82) is 0 Å². The Morgan fingerprint density at radius 3 is 2.53 bits per heavy atom. The first kappa shape index (κ1) is 8.17. The summed E-state index contributed by atoms with van der Waals surface area (Å²) in [6.07, 6.45) is 0. The molecule has 0 unspecified atom stereocenters. The standard InChI is InChI=1S/C12H9NO2/c14-11-7-3-6-10-12(11)8-4-1-2-5-9(8)13(10)15/h1-7,14-15H/p-1. The smallest absolute Gasteiger partial charge is 0.0878 e. The lowest BCUT2D eigenvalue weighted by atomic mass is 10.1. The fourth-order valence-corrected chi connectivity index (χ4v) is 1.97. The normalized spacial score (nSPS) is 11.2. The first-order chi connectivity index (χ1) is 7.29. The van der Waals surface area contributed by atoms with Crippen LogP contribution in [0, 0.1) is 0 Å². The van der Waals surface area contributed by atoms with E-state index in [1.165, 1.54) is 6.07 Å². The van der Waals surface area contributed by atoms with Crippen molar-refractivity contribution in [2.75, 3.05) is 0 Å². The molecular formula is C12H8NO2-. The highest BCUT2D eigenvalue weighted by Gasteiger charge is 2.08. The number of para-hydroxylation sites is 1. The third kappa shape index (κ3) is 0.944. The van der Waals surface area contributed by atoms with Gasteiger partial charge in [-0.3, -0.25) is 0 Å². The van der Waals surface area contributed by atoms with Crippen molar-refractivity contribution in [3.8, 4) is 5.75 Å². The van der Waals surface area contributed by atoms with Gasteiger partial charge in [-0.25, -0.2) is 0 Å². The molecule has 0 bridgehead atoms. The third-order valence-electron chi connectivity index (χ3n) is 2.63. The lowest BCUT2D eigenvalue weighted by Gasteiger charge is -2.06. The summed E-state index contributed by atoms with van der Waals surface area (Å²) in [6.45, 7) is 0. The number of hydrogen-bond acceptors (Lipinski definition) is 2. The highest BCUT2D eigenvalue weighted by molar-refractivity contribution is 6.10. The molecule has 2 aromatic carbocycles. The highest BCUT2D eigenvalue weighted by Crippen LogP contribution is 2.32. The van der Waals surface area contributed by atoms with Gasteiger partial charge in [0.05, 0.1) is 11.0 Å². The Kier molecular flexibility index (Phi) is 1.45. The zero-order valence-electron chi connectivity index (χ0n) is 7.84. The molecule has 3 aromatic rings. The molecule has 1 N–H and O–H groups in total. The molecule has 3 nitrogen and oxygen atoms in total. The van der Waals surface area contributed by atoms with Crippen molar-refractivity contribution in [1.82, 2.24) is 4.73 Å². The second kappa shape index (κ2) is 2.67. The fraction of sp³-hybridized carbons (Fsp3) is 0. The van der Waals surface area contributed by atoms with Crippen LogP contribution in [0.3, 0.4) is 0 Å². The SMILES string of the molecule is [O-]c1cccc2c1c1ccccc1n2O. The van der Waals surface area contributed by atoms with E-state index >= 15 is 0 Å². The Hall–Kier alpha value is -2.16. The van der Waals surface area contributed by atoms with E-state index < -0.39 is 0 Å². The van der Waals surface area contributed by atoms with Gasteiger partial charge in [0.2, 0.25) is 0 Å². The molecule has 1 heterocycles. The van der Waals surface area contributed by atoms with E-state index in [2.05, 4.69) is 0 Å². The van der Waals surface area contributed by atoms with Crippen LogP contribution in [0.5, 0.6) is 5.75 Å². The summed E-state index contributed by atoms with van der Waals surface area (Å²) in [7, 11) is 0. The summed E-state index contributed by atoms with van der Waals surface area (Å²) < 4.78 is 1.06. The van der Waals surface area contributed by atoms with Crippen LogP contribution in [0.25, 0.3) is 21.8 Å².